The van der Waals surface area contributed by atoms with Gasteiger partial charge >= 0.3 is 0 Å². The highest BCUT2D eigenvalue weighted by Crippen LogP contribution is 2.34. The van der Waals surface area contributed by atoms with Crippen LogP contribution in [-0.4, -0.2) is 32.0 Å². The standard InChI is InChI=1S/C26H23NO2/c1-27(2)26(28)25-23(19-7-5-4-6-8-19)16-12-21-17-20(11-15-24(21)25)18-9-13-22(29-3)14-10-18/h4-17H,1-3H3. The minimum Gasteiger partial charge on any atom is -0.497 e. The Morgan fingerprint density at radius 2 is 1.45 bits per heavy atom. The first-order valence-electron chi connectivity index (χ1n) is 9.57. The van der Waals surface area contributed by atoms with Crippen LogP contribution in [0.5, 0.6) is 5.75 Å². The van der Waals surface area contributed by atoms with E-state index in [-0.39, 0.29) is 5.91 Å². The van der Waals surface area contributed by atoms with Crippen LogP contribution in [0.1, 0.15) is 10.4 Å². The van der Waals surface area contributed by atoms with Crippen molar-refractivity contribution in [3.63, 3.8) is 0 Å². The number of hydrogen-bond acceptors (Lipinski definition) is 2. The summed E-state index contributed by atoms with van der Waals surface area (Å²) in [6.45, 7) is 0. The molecule has 4 aromatic carbocycles. The first-order chi connectivity index (χ1) is 14.1. The zero-order valence-electron chi connectivity index (χ0n) is 16.8. The van der Waals surface area contributed by atoms with Gasteiger partial charge in [0.25, 0.3) is 5.91 Å². The lowest BCUT2D eigenvalue weighted by Gasteiger charge is -2.17. The van der Waals surface area contributed by atoms with Gasteiger partial charge in [-0.3, -0.25) is 4.79 Å². The number of carbonyl (C=O) groups excluding carboxylic acids is 1. The van der Waals surface area contributed by atoms with Gasteiger partial charge in [0.1, 0.15) is 5.75 Å². The molecule has 0 saturated carbocycles. The van der Waals surface area contributed by atoms with E-state index in [1.807, 2.05) is 60.7 Å². The number of methoxy groups -OCH3 is 1. The fraction of sp³-hybridized carbons (Fsp3) is 0.115. The van der Waals surface area contributed by atoms with Gasteiger partial charge in [-0.2, -0.15) is 0 Å². The van der Waals surface area contributed by atoms with Crippen LogP contribution >= 0.6 is 0 Å². The van der Waals surface area contributed by atoms with E-state index in [1.165, 1.54) is 0 Å². The molecule has 0 atom stereocenters. The molecule has 4 rings (SSSR count). The zero-order chi connectivity index (χ0) is 20.4. The van der Waals surface area contributed by atoms with E-state index in [2.05, 4.69) is 24.3 Å². The fourth-order valence-corrected chi connectivity index (χ4v) is 3.61. The number of rotatable bonds is 4. The summed E-state index contributed by atoms with van der Waals surface area (Å²) >= 11 is 0. The van der Waals surface area contributed by atoms with E-state index < -0.39 is 0 Å². The molecule has 0 aromatic heterocycles. The number of ether oxygens (including phenoxy) is 1. The highest BCUT2D eigenvalue weighted by Gasteiger charge is 2.18. The number of hydrogen-bond donors (Lipinski definition) is 0. The maximum Gasteiger partial charge on any atom is 0.254 e. The zero-order valence-corrected chi connectivity index (χ0v) is 16.8. The van der Waals surface area contributed by atoms with E-state index in [4.69, 9.17) is 4.74 Å². The van der Waals surface area contributed by atoms with Gasteiger partial charge < -0.3 is 9.64 Å². The van der Waals surface area contributed by atoms with Crippen LogP contribution in [0.4, 0.5) is 0 Å². The second kappa shape index (κ2) is 7.80. The van der Waals surface area contributed by atoms with Crippen LogP contribution in [-0.2, 0) is 0 Å². The maximum atomic E-state index is 13.1. The van der Waals surface area contributed by atoms with Gasteiger partial charge in [0, 0.05) is 14.1 Å². The van der Waals surface area contributed by atoms with Gasteiger partial charge in [0.2, 0.25) is 0 Å². The molecule has 29 heavy (non-hydrogen) atoms. The Kier molecular flexibility index (Phi) is 5.05. The van der Waals surface area contributed by atoms with Gasteiger partial charge in [-0.25, -0.2) is 0 Å². The van der Waals surface area contributed by atoms with Crippen LogP contribution in [0.15, 0.2) is 84.9 Å². The van der Waals surface area contributed by atoms with Crippen LogP contribution < -0.4 is 4.74 Å². The lowest BCUT2D eigenvalue weighted by Crippen LogP contribution is -2.22. The molecule has 0 unspecified atom stereocenters. The Bertz CT molecular complexity index is 1160. The first-order valence-corrected chi connectivity index (χ1v) is 9.57. The van der Waals surface area contributed by atoms with E-state index in [0.29, 0.717) is 0 Å². The molecule has 0 aliphatic heterocycles. The Hall–Kier alpha value is -3.59. The summed E-state index contributed by atoms with van der Waals surface area (Å²) in [4.78, 5) is 14.7. The molecule has 3 heteroatoms. The number of amides is 1. The van der Waals surface area contributed by atoms with E-state index in [9.17, 15) is 4.79 Å². The minimum absolute atomic E-state index is 0.00616. The lowest BCUT2D eigenvalue weighted by molar-refractivity contribution is 0.0830. The van der Waals surface area contributed by atoms with E-state index in [1.54, 1.807) is 26.1 Å². The van der Waals surface area contributed by atoms with Crippen LogP contribution in [0.3, 0.4) is 0 Å². The topological polar surface area (TPSA) is 29.5 Å². The van der Waals surface area contributed by atoms with Gasteiger partial charge in [-0.05, 0) is 51.2 Å². The van der Waals surface area contributed by atoms with Crippen molar-refractivity contribution >= 4 is 16.7 Å². The van der Waals surface area contributed by atoms with Crippen molar-refractivity contribution in [2.75, 3.05) is 21.2 Å². The summed E-state index contributed by atoms with van der Waals surface area (Å²) in [5.74, 6) is 0.840. The second-order valence-corrected chi connectivity index (χ2v) is 7.22. The molecule has 0 radical (unpaired) electrons. The minimum atomic E-state index is 0.00616. The van der Waals surface area contributed by atoms with Crippen LogP contribution in [0.2, 0.25) is 0 Å². The largest absolute Gasteiger partial charge is 0.497 e. The Labute approximate surface area is 171 Å². The summed E-state index contributed by atoms with van der Waals surface area (Å²) in [6.07, 6.45) is 0. The van der Waals surface area contributed by atoms with Gasteiger partial charge in [-0.1, -0.05) is 66.7 Å². The predicted molar refractivity (Wildman–Crippen MR) is 119 cm³/mol. The molecule has 4 aromatic rings. The predicted octanol–water partition coefficient (Wildman–Crippen LogP) is 5.88. The summed E-state index contributed by atoms with van der Waals surface area (Å²) in [5, 5.41) is 2.01. The van der Waals surface area contributed by atoms with Crippen molar-refractivity contribution in [2.24, 2.45) is 0 Å². The van der Waals surface area contributed by atoms with E-state index in [0.717, 1.165) is 44.3 Å². The average molecular weight is 381 g/mol. The Morgan fingerprint density at radius 3 is 2.10 bits per heavy atom. The highest BCUT2D eigenvalue weighted by molar-refractivity contribution is 6.12. The third-order valence-corrected chi connectivity index (χ3v) is 5.15. The van der Waals surface area contributed by atoms with Crippen molar-refractivity contribution in [1.82, 2.24) is 4.90 Å². The summed E-state index contributed by atoms with van der Waals surface area (Å²) < 4.78 is 5.25. The number of benzene rings is 4. The quantitative estimate of drug-likeness (QED) is 0.441. The van der Waals surface area contributed by atoms with Gasteiger partial charge in [0.15, 0.2) is 0 Å². The molecule has 1 amide bonds. The fourth-order valence-electron chi connectivity index (χ4n) is 3.61. The second-order valence-electron chi connectivity index (χ2n) is 7.22. The summed E-state index contributed by atoms with van der Waals surface area (Å²) in [6, 6.07) is 28.5. The Morgan fingerprint density at radius 1 is 0.759 bits per heavy atom. The molecule has 0 heterocycles. The first kappa shape index (κ1) is 18.8. The molecule has 0 aliphatic rings. The van der Waals surface area contributed by atoms with Gasteiger partial charge in [0.05, 0.1) is 12.7 Å². The smallest absolute Gasteiger partial charge is 0.254 e. The van der Waals surface area contributed by atoms with Crippen molar-refractivity contribution < 1.29 is 9.53 Å². The number of fused-ring (bicyclic) bond motifs is 1. The molecule has 144 valence electrons. The molecule has 0 saturated heterocycles. The van der Waals surface area contributed by atoms with Crippen molar-refractivity contribution in [3.05, 3.63) is 90.5 Å². The van der Waals surface area contributed by atoms with Gasteiger partial charge in [-0.15, -0.1) is 0 Å². The summed E-state index contributed by atoms with van der Waals surface area (Å²) in [7, 11) is 5.25. The highest BCUT2D eigenvalue weighted by atomic mass is 16.5. The van der Waals surface area contributed by atoms with Crippen molar-refractivity contribution in [3.8, 4) is 28.0 Å². The SMILES string of the molecule is COc1ccc(-c2ccc3c(C(=O)N(C)C)c(-c4ccccc4)ccc3c2)cc1. The molecular weight excluding hydrogens is 358 g/mol. The summed E-state index contributed by atoms with van der Waals surface area (Å²) in [5.41, 5.74) is 4.95. The number of carbonyl (C=O) groups is 1. The maximum absolute atomic E-state index is 13.1. The molecule has 0 spiro atoms. The normalized spacial score (nSPS) is 10.7. The molecule has 3 nitrogen and oxygen atoms in total. The average Bonchev–Trinajstić information content (AvgIpc) is 2.78. The molecule has 0 aliphatic carbocycles. The molecule has 0 fully saturated rings. The van der Waals surface area contributed by atoms with Crippen LogP contribution in [0.25, 0.3) is 33.0 Å². The lowest BCUT2D eigenvalue weighted by atomic mass is 9.91. The monoisotopic (exact) mass is 381 g/mol. The Balaban J connectivity index is 1.89. The molecule has 0 bridgehead atoms. The number of nitrogens with zero attached hydrogens (tertiary/aromatic N) is 1. The molecular formula is C26H23NO2. The molecule has 0 N–H and O–H groups in total. The van der Waals surface area contributed by atoms with Crippen molar-refractivity contribution in [1.29, 1.82) is 0 Å². The van der Waals surface area contributed by atoms with Crippen molar-refractivity contribution in [2.45, 2.75) is 0 Å². The third kappa shape index (κ3) is 3.59. The third-order valence-electron chi connectivity index (χ3n) is 5.15. The van der Waals surface area contributed by atoms with Crippen LogP contribution in [0, 0.1) is 0 Å². The van der Waals surface area contributed by atoms with E-state index >= 15 is 0 Å².